The van der Waals surface area contributed by atoms with Gasteiger partial charge >= 0.3 is 0 Å². The normalized spacial score (nSPS) is 14.4. The van der Waals surface area contributed by atoms with Crippen molar-refractivity contribution in [1.82, 2.24) is 10.3 Å². The van der Waals surface area contributed by atoms with Crippen molar-refractivity contribution < 1.29 is 4.74 Å². The van der Waals surface area contributed by atoms with Crippen molar-refractivity contribution in [2.45, 2.75) is 25.3 Å². The molecule has 0 bridgehead atoms. The summed E-state index contributed by atoms with van der Waals surface area (Å²) >= 11 is 0. The van der Waals surface area contributed by atoms with Gasteiger partial charge in [-0.2, -0.15) is 0 Å². The van der Waals surface area contributed by atoms with E-state index in [1.807, 2.05) is 24.4 Å². The molecule has 1 aliphatic carbocycles. The molecular weight excluding hydrogens is 250 g/mol. The average molecular weight is 271 g/mol. The highest BCUT2D eigenvalue weighted by Gasteiger charge is 2.19. The van der Waals surface area contributed by atoms with Crippen LogP contribution in [0.1, 0.15) is 19.3 Å². The molecule has 2 aromatic rings. The maximum atomic E-state index is 5.39. The molecule has 1 heterocycles. The van der Waals surface area contributed by atoms with Crippen LogP contribution in [0.5, 0.6) is 5.75 Å². The summed E-state index contributed by atoms with van der Waals surface area (Å²) in [5.41, 5.74) is 0. The fourth-order valence-electron chi connectivity index (χ4n) is 2.39. The van der Waals surface area contributed by atoms with E-state index in [0.29, 0.717) is 0 Å². The molecule has 0 spiro atoms. The maximum absolute atomic E-state index is 5.39. The number of fused-ring (bicyclic) bond motifs is 1. The molecule has 4 heteroatoms. The Kier molecular flexibility index (Phi) is 4.02. The second-order valence-electron chi connectivity index (χ2n) is 5.22. The first kappa shape index (κ1) is 13.2. The molecule has 0 atom stereocenters. The van der Waals surface area contributed by atoms with Gasteiger partial charge in [-0.3, -0.25) is 0 Å². The van der Waals surface area contributed by atoms with Gasteiger partial charge in [0.1, 0.15) is 11.6 Å². The topological polar surface area (TPSA) is 46.2 Å². The lowest BCUT2D eigenvalue weighted by Crippen LogP contribution is -2.20. The minimum atomic E-state index is 0.787. The lowest BCUT2D eigenvalue weighted by atomic mass is 10.1. The predicted molar refractivity (Wildman–Crippen MR) is 82.4 cm³/mol. The SMILES string of the molecule is COc1cccc2c(NCCCNC3CC3)nccc12. The Labute approximate surface area is 119 Å². The van der Waals surface area contributed by atoms with Crippen LogP contribution in [-0.4, -0.2) is 31.2 Å². The van der Waals surface area contributed by atoms with Crippen LogP contribution in [0.4, 0.5) is 5.82 Å². The van der Waals surface area contributed by atoms with Gasteiger partial charge < -0.3 is 15.4 Å². The van der Waals surface area contributed by atoms with Crippen molar-refractivity contribution in [1.29, 1.82) is 0 Å². The van der Waals surface area contributed by atoms with Gasteiger partial charge in [-0.05, 0) is 37.9 Å². The minimum absolute atomic E-state index is 0.787. The highest BCUT2D eigenvalue weighted by Crippen LogP contribution is 2.28. The van der Waals surface area contributed by atoms with E-state index in [4.69, 9.17) is 4.74 Å². The Morgan fingerprint density at radius 2 is 2.10 bits per heavy atom. The van der Waals surface area contributed by atoms with Crippen LogP contribution >= 0.6 is 0 Å². The third kappa shape index (κ3) is 3.02. The number of rotatable bonds is 7. The standard InChI is InChI=1S/C16H21N3O/c1-20-15-5-2-4-14-13(15)8-11-19-16(14)18-10-3-9-17-12-6-7-12/h2,4-5,8,11-12,17H,3,6-7,9-10H2,1H3,(H,18,19). The zero-order valence-corrected chi connectivity index (χ0v) is 11.9. The zero-order chi connectivity index (χ0) is 13.8. The average Bonchev–Trinajstić information content (AvgIpc) is 3.30. The van der Waals surface area contributed by atoms with Gasteiger partial charge in [0.15, 0.2) is 0 Å². The van der Waals surface area contributed by atoms with Crippen molar-refractivity contribution in [2.24, 2.45) is 0 Å². The van der Waals surface area contributed by atoms with E-state index < -0.39 is 0 Å². The molecule has 1 saturated carbocycles. The van der Waals surface area contributed by atoms with E-state index in [2.05, 4.69) is 21.7 Å². The van der Waals surface area contributed by atoms with Crippen LogP contribution in [-0.2, 0) is 0 Å². The first-order valence-corrected chi connectivity index (χ1v) is 7.27. The molecule has 0 unspecified atom stereocenters. The van der Waals surface area contributed by atoms with E-state index in [-0.39, 0.29) is 0 Å². The molecule has 0 saturated heterocycles. The summed E-state index contributed by atoms with van der Waals surface area (Å²) in [6, 6.07) is 8.84. The fraction of sp³-hybridized carbons (Fsp3) is 0.438. The molecule has 1 aliphatic rings. The van der Waals surface area contributed by atoms with Gasteiger partial charge in [-0.15, -0.1) is 0 Å². The van der Waals surface area contributed by atoms with E-state index in [1.165, 1.54) is 12.8 Å². The molecule has 0 radical (unpaired) electrons. The number of aromatic nitrogens is 1. The summed E-state index contributed by atoms with van der Waals surface area (Å²) in [6.45, 7) is 2.01. The molecular formula is C16H21N3O. The maximum Gasteiger partial charge on any atom is 0.133 e. The summed E-state index contributed by atoms with van der Waals surface area (Å²) in [5.74, 6) is 1.83. The van der Waals surface area contributed by atoms with Crippen LogP contribution in [0.2, 0.25) is 0 Å². The number of hydrogen-bond acceptors (Lipinski definition) is 4. The number of methoxy groups -OCH3 is 1. The van der Waals surface area contributed by atoms with Gasteiger partial charge in [0.05, 0.1) is 7.11 Å². The number of nitrogens with zero attached hydrogens (tertiary/aromatic N) is 1. The van der Waals surface area contributed by atoms with Crippen molar-refractivity contribution in [3.05, 3.63) is 30.5 Å². The quantitative estimate of drug-likeness (QED) is 0.760. The Morgan fingerprint density at radius 3 is 2.90 bits per heavy atom. The molecule has 0 aliphatic heterocycles. The summed E-state index contributed by atoms with van der Waals surface area (Å²) in [6.07, 6.45) is 5.63. The largest absolute Gasteiger partial charge is 0.496 e. The monoisotopic (exact) mass is 271 g/mol. The molecule has 2 N–H and O–H groups in total. The minimum Gasteiger partial charge on any atom is -0.496 e. The number of benzene rings is 1. The molecule has 1 aromatic carbocycles. The van der Waals surface area contributed by atoms with Crippen LogP contribution in [0.3, 0.4) is 0 Å². The van der Waals surface area contributed by atoms with Gasteiger partial charge in [0.2, 0.25) is 0 Å². The lowest BCUT2D eigenvalue weighted by molar-refractivity contribution is 0.420. The highest BCUT2D eigenvalue weighted by molar-refractivity contribution is 5.95. The van der Waals surface area contributed by atoms with Crippen LogP contribution in [0, 0.1) is 0 Å². The molecule has 4 nitrogen and oxygen atoms in total. The number of nitrogens with one attached hydrogen (secondary N) is 2. The molecule has 0 amide bonds. The number of anilines is 1. The van der Waals surface area contributed by atoms with Gasteiger partial charge in [0, 0.05) is 29.6 Å². The first-order chi connectivity index (χ1) is 9.88. The van der Waals surface area contributed by atoms with Gasteiger partial charge in [-0.1, -0.05) is 12.1 Å². The highest BCUT2D eigenvalue weighted by atomic mass is 16.5. The third-order valence-corrected chi connectivity index (χ3v) is 3.64. The van der Waals surface area contributed by atoms with E-state index in [0.717, 1.165) is 47.9 Å². The van der Waals surface area contributed by atoms with Crippen molar-refractivity contribution in [3.8, 4) is 5.75 Å². The van der Waals surface area contributed by atoms with Crippen LogP contribution < -0.4 is 15.4 Å². The number of ether oxygens (including phenoxy) is 1. The van der Waals surface area contributed by atoms with Crippen molar-refractivity contribution >= 4 is 16.6 Å². The number of pyridine rings is 1. The molecule has 20 heavy (non-hydrogen) atoms. The van der Waals surface area contributed by atoms with Crippen molar-refractivity contribution in [2.75, 3.05) is 25.5 Å². The molecule has 1 aromatic heterocycles. The van der Waals surface area contributed by atoms with Crippen molar-refractivity contribution in [3.63, 3.8) is 0 Å². The van der Waals surface area contributed by atoms with Crippen LogP contribution in [0.15, 0.2) is 30.5 Å². The Hall–Kier alpha value is -1.81. The summed E-state index contributed by atoms with van der Waals surface area (Å²) in [5, 5.41) is 9.16. The molecule has 3 rings (SSSR count). The van der Waals surface area contributed by atoms with E-state index in [1.54, 1.807) is 7.11 Å². The predicted octanol–water partition coefficient (Wildman–Crippen LogP) is 2.80. The van der Waals surface area contributed by atoms with E-state index >= 15 is 0 Å². The first-order valence-electron chi connectivity index (χ1n) is 7.27. The zero-order valence-electron chi connectivity index (χ0n) is 11.9. The Bertz CT molecular complexity index is 581. The van der Waals surface area contributed by atoms with Gasteiger partial charge in [0.25, 0.3) is 0 Å². The fourth-order valence-corrected chi connectivity index (χ4v) is 2.39. The second-order valence-corrected chi connectivity index (χ2v) is 5.22. The van der Waals surface area contributed by atoms with Crippen LogP contribution in [0.25, 0.3) is 10.8 Å². The van der Waals surface area contributed by atoms with Gasteiger partial charge in [-0.25, -0.2) is 4.98 Å². The lowest BCUT2D eigenvalue weighted by Gasteiger charge is -2.11. The van der Waals surface area contributed by atoms with E-state index in [9.17, 15) is 0 Å². The summed E-state index contributed by atoms with van der Waals surface area (Å²) < 4.78 is 5.39. The third-order valence-electron chi connectivity index (χ3n) is 3.64. The Morgan fingerprint density at radius 1 is 1.20 bits per heavy atom. The summed E-state index contributed by atoms with van der Waals surface area (Å²) in [4.78, 5) is 4.44. The second kappa shape index (κ2) is 6.09. The molecule has 1 fully saturated rings. The summed E-state index contributed by atoms with van der Waals surface area (Å²) in [7, 11) is 1.70. The number of hydrogen-bond donors (Lipinski definition) is 2. The Balaban J connectivity index is 1.64. The molecule has 106 valence electrons. The smallest absolute Gasteiger partial charge is 0.133 e.